The number of thioether (sulfide) groups is 1. The lowest BCUT2D eigenvalue weighted by molar-refractivity contribution is -0.113. The lowest BCUT2D eigenvalue weighted by atomic mass is 10.2. The predicted octanol–water partition coefficient (Wildman–Crippen LogP) is 5.12. The molecule has 3 heterocycles. The summed E-state index contributed by atoms with van der Waals surface area (Å²) in [5, 5.41) is 15.1. The maximum Gasteiger partial charge on any atom is 0.234 e. The Morgan fingerprint density at radius 1 is 1.15 bits per heavy atom. The molecule has 0 radical (unpaired) electrons. The smallest absolute Gasteiger partial charge is 0.234 e. The van der Waals surface area contributed by atoms with E-state index >= 15 is 0 Å². The topological polar surface area (TPSA) is 81.9 Å². The largest absolute Gasteiger partial charge is 0.376 e. The molecular weight excluding hydrogens is 473 g/mol. The summed E-state index contributed by atoms with van der Waals surface area (Å²) in [6.45, 7) is 1.33. The third-order valence-corrected chi connectivity index (χ3v) is 7.20. The van der Waals surface area contributed by atoms with E-state index in [9.17, 15) is 9.18 Å². The molecule has 0 unspecified atom stereocenters. The van der Waals surface area contributed by atoms with Gasteiger partial charge in [0.25, 0.3) is 0 Å². The Morgan fingerprint density at radius 3 is 2.65 bits per heavy atom. The molecule has 0 saturated carbocycles. The molecule has 2 aromatic heterocycles. The zero-order valence-electron chi connectivity index (χ0n) is 18.2. The molecule has 0 bridgehead atoms. The van der Waals surface area contributed by atoms with Gasteiger partial charge in [-0.25, -0.2) is 9.37 Å². The van der Waals surface area contributed by atoms with Crippen LogP contribution in [0, 0.1) is 5.82 Å². The van der Waals surface area contributed by atoms with Crippen LogP contribution in [0.15, 0.2) is 65.3 Å². The van der Waals surface area contributed by atoms with Crippen molar-refractivity contribution in [2.45, 2.75) is 30.6 Å². The summed E-state index contributed by atoms with van der Waals surface area (Å²) in [6, 6.07) is 13.8. The molecule has 1 aliphatic heterocycles. The standard InChI is InChI=1S/C24H22FN5O2S2/c25-18-7-3-16(4-8-18)22-28-29-24(30(22)14-20-2-1-12-32-20)34-15-21(31)27-19-9-5-17(6-10-19)23-26-11-13-33-23/h3-11,13,20H,1-2,12,14-15H2,(H,27,31)/t20-/m1/s1. The molecule has 0 spiro atoms. The second kappa shape index (κ2) is 10.5. The zero-order valence-corrected chi connectivity index (χ0v) is 19.8. The number of nitrogens with zero attached hydrogens (tertiary/aromatic N) is 4. The fourth-order valence-electron chi connectivity index (χ4n) is 3.75. The number of hydrogen-bond acceptors (Lipinski definition) is 7. The van der Waals surface area contributed by atoms with Gasteiger partial charge in [0.15, 0.2) is 11.0 Å². The van der Waals surface area contributed by atoms with Crippen LogP contribution in [0.25, 0.3) is 22.0 Å². The molecule has 1 amide bonds. The molecule has 5 rings (SSSR count). The Bertz CT molecular complexity index is 1240. The van der Waals surface area contributed by atoms with E-state index in [-0.39, 0.29) is 23.6 Å². The normalized spacial score (nSPS) is 15.5. The quantitative estimate of drug-likeness (QED) is 0.342. The summed E-state index contributed by atoms with van der Waals surface area (Å²) in [5.41, 5.74) is 2.50. The molecular formula is C24H22FN5O2S2. The molecule has 34 heavy (non-hydrogen) atoms. The third kappa shape index (κ3) is 5.35. The van der Waals surface area contributed by atoms with Gasteiger partial charge < -0.3 is 10.1 Å². The van der Waals surface area contributed by atoms with Crippen LogP contribution in [0.1, 0.15) is 12.8 Å². The monoisotopic (exact) mass is 495 g/mol. The van der Waals surface area contributed by atoms with Crippen LogP contribution in [0.3, 0.4) is 0 Å². The third-order valence-electron chi connectivity index (χ3n) is 5.41. The number of nitrogens with one attached hydrogen (secondary N) is 1. The first kappa shape index (κ1) is 22.7. The highest BCUT2D eigenvalue weighted by Crippen LogP contribution is 2.27. The van der Waals surface area contributed by atoms with Gasteiger partial charge in [-0.2, -0.15) is 0 Å². The Balaban J connectivity index is 1.26. The van der Waals surface area contributed by atoms with E-state index in [1.54, 1.807) is 29.7 Å². The van der Waals surface area contributed by atoms with Crippen molar-refractivity contribution in [3.63, 3.8) is 0 Å². The van der Waals surface area contributed by atoms with Gasteiger partial charge in [-0.15, -0.1) is 21.5 Å². The van der Waals surface area contributed by atoms with Crippen LogP contribution in [0.4, 0.5) is 10.1 Å². The Morgan fingerprint density at radius 2 is 1.94 bits per heavy atom. The van der Waals surface area contributed by atoms with E-state index < -0.39 is 0 Å². The van der Waals surface area contributed by atoms with Crippen molar-refractivity contribution in [3.05, 3.63) is 65.9 Å². The Kier molecular flexibility index (Phi) is 6.98. The van der Waals surface area contributed by atoms with Crippen LogP contribution < -0.4 is 5.32 Å². The van der Waals surface area contributed by atoms with Crippen molar-refractivity contribution in [2.75, 3.05) is 17.7 Å². The Hall–Kier alpha value is -3.08. The molecule has 1 N–H and O–H groups in total. The van der Waals surface area contributed by atoms with Gasteiger partial charge in [0.1, 0.15) is 10.8 Å². The lowest BCUT2D eigenvalue weighted by Gasteiger charge is -2.14. The highest BCUT2D eigenvalue weighted by molar-refractivity contribution is 7.99. The fraction of sp³-hybridized carbons (Fsp3) is 0.250. The molecule has 174 valence electrons. The molecule has 1 fully saturated rings. The average Bonchev–Trinajstić information content (AvgIpc) is 3.62. The molecule has 0 aliphatic carbocycles. The number of halogens is 1. The van der Waals surface area contributed by atoms with Crippen molar-refractivity contribution < 1.29 is 13.9 Å². The summed E-state index contributed by atoms with van der Waals surface area (Å²) in [4.78, 5) is 16.9. The number of carbonyl (C=O) groups is 1. The molecule has 1 atom stereocenters. The van der Waals surface area contributed by atoms with Crippen molar-refractivity contribution in [2.24, 2.45) is 0 Å². The summed E-state index contributed by atoms with van der Waals surface area (Å²) in [5.74, 6) is 0.375. The minimum absolute atomic E-state index is 0.0692. The first-order valence-electron chi connectivity index (χ1n) is 10.9. The molecule has 2 aromatic carbocycles. The second-order valence-electron chi connectivity index (χ2n) is 7.81. The average molecular weight is 496 g/mol. The summed E-state index contributed by atoms with van der Waals surface area (Å²) >= 11 is 2.89. The van der Waals surface area contributed by atoms with Gasteiger partial charge in [-0.1, -0.05) is 11.8 Å². The highest BCUT2D eigenvalue weighted by atomic mass is 32.2. The molecule has 1 saturated heterocycles. The van der Waals surface area contributed by atoms with E-state index in [0.29, 0.717) is 17.5 Å². The zero-order chi connectivity index (χ0) is 23.3. The molecule has 10 heteroatoms. The first-order valence-corrected chi connectivity index (χ1v) is 12.8. The number of amides is 1. The van der Waals surface area contributed by atoms with Gasteiger partial charge >= 0.3 is 0 Å². The minimum Gasteiger partial charge on any atom is -0.376 e. The van der Waals surface area contributed by atoms with Crippen LogP contribution in [-0.2, 0) is 16.1 Å². The molecule has 1 aliphatic rings. The highest BCUT2D eigenvalue weighted by Gasteiger charge is 2.22. The van der Waals surface area contributed by atoms with E-state index in [0.717, 1.165) is 41.3 Å². The summed E-state index contributed by atoms with van der Waals surface area (Å²) in [6.07, 6.45) is 3.82. The van der Waals surface area contributed by atoms with Crippen LogP contribution in [0.5, 0.6) is 0 Å². The predicted molar refractivity (Wildman–Crippen MR) is 131 cm³/mol. The van der Waals surface area contributed by atoms with E-state index in [2.05, 4.69) is 20.5 Å². The number of rotatable bonds is 8. The van der Waals surface area contributed by atoms with Crippen molar-refractivity contribution in [3.8, 4) is 22.0 Å². The number of hydrogen-bond donors (Lipinski definition) is 1. The first-order chi connectivity index (χ1) is 16.7. The molecule has 7 nitrogen and oxygen atoms in total. The number of anilines is 1. The van der Waals surface area contributed by atoms with Crippen LogP contribution >= 0.6 is 23.1 Å². The van der Waals surface area contributed by atoms with Crippen LogP contribution in [0.2, 0.25) is 0 Å². The number of aromatic nitrogens is 4. The molecule has 4 aromatic rings. The maximum absolute atomic E-state index is 13.4. The number of carbonyl (C=O) groups excluding carboxylic acids is 1. The van der Waals surface area contributed by atoms with Crippen molar-refractivity contribution >= 4 is 34.7 Å². The van der Waals surface area contributed by atoms with Gasteiger partial charge in [0.2, 0.25) is 5.91 Å². The van der Waals surface area contributed by atoms with Crippen molar-refractivity contribution in [1.29, 1.82) is 0 Å². The number of thiazole rings is 1. The van der Waals surface area contributed by atoms with Crippen LogP contribution in [-0.4, -0.2) is 44.1 Å². The van der Waals surface area contributed by atoms with E-state index in [1.807, 2.05) is 34.2 Å². The van der Waals surface area contributed by atoms with Gasteiger partial charge in [-0.05, 0) is 61.4 Å². The number of benzene rings is 2. The van der Waals surface area contributed by atoms with Gasteiger partial charge in [-0.3, -0.25) is 9.36 Å². The lowest BCUT2D eigenvalue weighted by Crippen LogP contribution is -2.18. The number of ether oxygens (including phenoxy) is 1. The summed E-state index contributed by atoms with van der Waals surface area (Å²) < 4.78 is 21.2. The van der Waals surface area contributed by atoms with Crippen molar-refractivity contribution in [1.82, 2.24) is 19.7 Å². The van der Waals surface area contributed by atoms with E-state index in [1.165, 1.54) is 23.9 Å². The van der Waals surface area contributed by atoms with Gasteiger partial charge in [0.05, 0.1) is 18.4 Å². The minimum atomic E-state index is -0.306. The maximum atomic E-state index is 13.4. The second-order valence-corrected chi connectivity index (χ2v) is 9.65. The SMILES string of the molecule is O=C(CSc1nnc(-c2ccc(F)cc2)n1C[C@H]1CCCO1)Nc1ccc(-c2nccs2)cc1. The summed E-state index contributed by atoms with van der Waals surface area (Å²) in [7, 11) is 0. The fourth-order valence-corrected chi connectivity index (χ4v) is 5.15. The Labute approximate surface area is 204 Å². The van der Waals surface area contributed by atoms with Gasteiger partial charge in [0, 0.05) is 35.0 Å². The van der Waals surface area contributed by atoms with E-state index in [4.69, 9.17) is 4.74 Å².